The van der Waals surface area contributed by atoms with Gasteiger partial charge < -0.3 is 9.47 Å². The monoisotopic (exact) mass is 311 g/mol. The van der Waals surface area contributed by atoms with E-state index in [-0.39, 0.29) is 11.4 Å². The van der Waals surface area contributed by atoms with Crippen molar-refractivity contribution in [1.29, 1.82) is 0 Å². The summed E-state index contributed by atoms with van der Waals surface area (Å²) in [5, 5.41) is 6.31. The van der Waals surface area contributed by atoms with Crippen LogP contribution in [0, 0.1) is 6.92 Å². The Morgan fingerprint density at radius 3 is 2.52 bits per heavy atom. The van der Waals surface area contributed by atoms with E-state index in [0.29, 0.717) is 17.2 Å². The number of nitrogens with one attached hydrogen (secondary N) is 2. The van der Waals surface area contributed by atoms with Gasteiger partial charge in [0.1, 0.15) is 4.90 Å². The molecule has 0 aliphatic heterocycles. The maximum atomic E-state index is 12.1. The lowest BCUT2D eigenvalue weighted by molar-refractivity contribution is 0.354. The quantitative estimate of drug-likeness (QED) is 0.836. The summed E-state index contributed by atoms with van der Waals surface area (Å²) in [5.74, 6) is 1.14. The molecule has 1 aromatic heterocycles. The van der Waals surface area contributed by atoms with E-state index in [4.69, 9.17) is 9.47 Å². The van der Waals surface area contributed by atoms with Gasteiger partial charge in [-0.25, -0.2) is 13.1 Å². The number of methoxy groups -OCH3 is 2. The number of hydrogen-bond acceptors (Lipinski definition) is 5. The molecule has 1 aromatic carbocycles. The van der Waals surface area contributed by atoms with Crippen molar-refractivity contribution in [1.82, 2.24) is 14.9 Å². The Balaban J connectivity index is 2.15. The molecule has 0 bridgehead atoms. The number of aryl methyl sites for hydroxylation is 1. The minimum Gasteiger partial charge on any atom is -0.493 e. The molecule has 0 fully saturated rings. The number of nitrogens with zero attached hydrogens (tertiary/aromatic N) is 1. The van der Waals surface area contributed by atoms with Crippen LogP contribution in [0.25, 0.3) is 0 Å². The molecule has 2 rings (SSSR count). The van der Waals surface area contributed by atoms with Crippen molar-refractivity contribution in [3.05, 3.63) is 35.7 Å². The molecule has 114 valence electrons. The first kappa shape index (κ1) is 15.3. The first-order valence-corrected chi connectivity index (χ1v) is 7.67. The Morgan fingerprint density at radius 1 is 1.24 bits per heavy atom. The van der Waals surface area contributed by atoms with E-state index < -0.39 is 10.0 Å². The van der Waals surface area contributed by atoms with Crippen LogP contribution in [0.2, 0.25) is 0 Å². The lowest BCUT2D eigenvalue weighted by Gasteiger charge is -2.10. The second-order valence-corrected chi connectivity index (χ2v) is 6.11. The zero-order chi connectivity index (χ0) is 15.5. The highest BCUT2D eigenvalue weighted by atomic mass is 32.2. The van der Waals surface area contributed by atoms with Crippen LogP contribution in [-0.2, 0) is 16.6 Å². The summed E-state index contributed by atoms with van der Waals surface area (Å²) in [6.45, 7) is 1.80. The maximum absolute atomic E-state index is 12.1. The largest absolute Gasteiger partial charge is 0.493 e. The number of hydrogen-bond donors (Lipinski definition) is 2. The average molecular weight is 311 g/mol. The summed E-state index contributed by atoms with van der Waals surface area (Å²) in [7, 11) is -0.525. The van der Waals surface area contributed by atoms with Crippen molar-refractivity contribution in [3.63, 3.8) is 0 Å². The molecule has 8 heteroatoms. The van der Waals surface area contributed by atoms with Crippen molar-refractivity contribution in [2.24, 2.45) is 0 Å². The number of rotatable bonds is 6. The van der Waals surface area contributed by atoms with E-state index in [0.717, 1.165) is 5.56 Å². The summed E-state index contributed by atoms with van der Waals surface area (Å²) >= 11 is 0. The number of aromatic nitrogens is 2. The van der Waals surface area contributed by atoms with Gasteiger partial charge in [0.25, 0.3) is 0 Å². The smallest absolute Gasteiger partial charge is 0.244 e. The van der Waals surface area contributed by atoms with Crippen LogP contribution < -0.4 is 14.2 Å². The molecule has 0 atom stereocenters. The molecular formula is C13H17N3O4S. The lowest BCUT2D eigenvalue weighted by Crippen LogP contribution is -2.23. The van der Waals surface area contributed by atoms with Crippen LogP contribution in [0.3, 0.4) is 0 Å². The Hall–Kier alpha value is -2.06. The highest BCUT2D eigenvalue weighted by Crippen LogP contribution is 2.27. The molecule has 1 heterocycles. The molecule has 7 nitrogen and oxygen atoms in total. The number of sulfonamides is 1. The fourth-order valence-corrected chi connectivity index (χ4v) is 3.01. The Kier molecular flexibility index (Phi) is 4.49. The average Bonchev–Trinajstić information content (AvgIpc) is 2.92. The van der Waals surface area contributed by atoms with Crippen molar-refractivity contribution >= 4 is 10.0 Å². The van der Waals surface area contributed by atoms with Gasteiger partial charge in [-0.2, -0.15) is 5.10 Å². The summed E-state index contributed by atoms with van der Waals surface area (Å²) in [4.78, 5) is 0.142. The fraction of sp³-hybridized carbons (Fsp3) is 0.308. The number of H-pyrrole nitrogens is 1. The van der Waals surface area contributed by atoms with Gasteiger partial charge in [0.2, 0.25) is 10.0 Å². The first-order valence-electron chi connectivity index (χ1n) is 6.18. The second kappa shape index (κ2) is 6.15. The van der Waals surface area contributed by atoms with Crippen LogP contribution in [0.15, 0.2) is 29.3 Å². The molecule has 0 unspecified atom stereocenters. The summed E-state index contributed by atoms with van der Waals surface area (Å²) in [6.07, 6.45) is 1.28. The van der Waals surface area contributed by atoms with Crippen LogP contribution in [-0.4, -0.2) is 32.8 Å². The predicted octanol–water partition coefficient (Wildman–Crippen LogP) is 1.21. The first-order chi connectivity index (χ1) is 9.97. The van der Waals surface area contributed by atoms with E-state index in [1.165, 1.54) is 13.3 Å². The van der Waals surface area contributed by atoms with E-state index in [9.17, 15) is 8.42 Å². The molecule has 2 aromatic rings. The van der Waals surface area contributed by atoms with Gasteiger partial charge in [0.15, 0.2) is 11.5 Å². The van der Waals surface area contributed by atoms with E-state index in [1.807, 2.05) is 0 Å². The number of aromatic amines is 1. The maximum Gasteiger partial charge on any atom is 0.244 e. The molecule has 0 saturated heterocycles. The van der Waals surface area contributed by atoms with Crippen LogP contribution in [0.5, 0.6) is 11.5 Å². The summed E-state index contributed by atoms with van der Waals surface area (Å²) < 4.78 is 37.1. The molecule has 0 aliphatic carbocycles. The minimum absolute atomic E-state index is 0.142. The molecule has 0 spiro atoms. The lowest BCUT2D eigenvalue weighted by atomic mass is 10.2. The summed E-state index contributed by atoms with van der Waals surface area (Å²) in [6, 6.07) is 5.22. The molecule has 0 amide bonds. The van der Waals surface area contributed by atoms with Gasteiger partial charge in [-0.3, -0.25) is 5.10 Å². The molecule has 21 heavy (non-hydrogen) atoms. The van der Waals surface area contributed by atoms with E-state index in [2.05, 4.69) is 14.9 Å². The van der Waals surface area contributed by atoms with Gasteiger partial charge in [0.05, 0.1) is 26.1 Å². The number of ether oxygens (including phenoxy) is 2. The Bertz CT molecular complexity index is 725. The zero-order valence-corrected chi connectivity index (χ0v) is 12.8. The Labute approximate surface area is 123 Å². The minimum atomic E-state index is -3.60. The van der Waals surface area contributed by atoms with E-state index >= 15 is 0 Å². The molecular weight excluding hydrogens is 294 g/mol. The SMILES string of the molecule is COc1ccc(CNS(=O)(=O)c2cn[nH]c2C)cc1OC. The highest BCUT2D eigenvalue weighted by molar-refractivity contribution is 7.89. The third-order valence-corrected chi connectivity index (χ3v) is 4.50. The van der Waals surface area contributed by atoms with Crippen LogP contribution >= 0.6 is 0 Å². The third kappa shape index (κ3) is 3.34. The molecule has 2 N–H and O–H groups in total. The van der Waals surface area contributed by atoms with Gasteiger partial charge in [-0.1, -0.05) is 6.07 Å². The summed E-state index contributed by atoms with van der Waals surface area (Å²) in [5.41, 5.74) is 1.26. The van der Waals surface area contributed by atoms with Crippen LogP contribution in [0.4, 0.5) is 0 Å². The third-order valence-electron chi connectivity index (χ3n) is 2.99. The van der Waals surface area contributed by atoms with Crippen LogP contribution in [0.1, 0.15) is 11.3 Å². The highest BCUT2D eigenvalue weighted by Gasteiger charge is 2.18. The van der Waals surface area contributed by atoms with Crippen molar-refractivity contribution in [2.75, 3.05) is 14.2 Å². The molecule has 0 saturated carbocycles. The Morgan fingerprint density at radius 2 is 1.95 bits per heavy atom. The number of benzene rings is 1. The van der Waals surface area contributed by atoms with E-state index in [1.54, 1.807) is 32.2 Å². The topological polar surface area (TPSA) is 93.3 Å². The van der Waals surface area contributed by atoms with Gasteiger partial charge in [-0.05, 0) is 24.6 Å². The van der Waals surface area contributed by atoms with Crippen molar-refractivity contribution in [3.8, 4) is 11.5 Å². The zero-order valence-electron chi connectivity index (χ0n) is 12.0. The molecule has 0 aliphatic rings. The molecule has 0 radical (unpaired) electrons. The second-order valence-electron chi connectivity index (χ2n) is 4.37. The van der Waals surface area contributed by atoms with Gasteiger partial charge in [0, 0.05) is 6.54 Å². The van der Waals surface area contributed by atoms with Gasteiger partial charge in [-0.15, -0.1) is 0 Å². The van der Waals surface area contributed by atoms with Gasteiger partial charge >= 0.3 is 0 Å². The van der Waals surface area contributed by atoms with Crippen molar-refractivity contribution in [2.45, 2.75) is 18.4 Å². The normalized spacial score (nSPS) is 11.4. The predicted molar refractivity (Wildman–Crippen MR) is 76.9 cm³/mol. The fourth-order valence-electron chi connectivity index (χ4n) is 1.86. The standard InChI is InChI=1S/C13H17N3O4S/c1-9-13(8-14-16-9)21(17,18)15-7-10-4-5-11(19-2)12(6-10)20-3/h4-6,8,15H,7H2,1-3H3,(H,14,16). The van der Waals surface area contributed by atoms with Crippen molar-refractivity contribution < 1.29 is 17.9 Å².